The number of halogens is 1. The van der Waals surface area contributed by atoms with E-state index in [-0.39, 0.29) is 0 Å². The lowest BCUT2D eigenvalue weighted by atomic mass is 10.8. The third-order valence-corrected chi connectivity index (χ3v) is 0.760. The smallest absolute Gasteiger partial charge is 0.378 e. The fraction of sp³-hybridized carbons (Fsp3) is 0.250. The van der Waals surface area contributed by atoms with Crippen molar-refractivity contribution < 1.29 is 7.86 Å². The van der Waals surface area contributed by atoms with Crippen LogP contribution in [0.2, 0.25) is 0 Å². The minimum atomic E-state index is -0.542. The molecule has 8 heavy (non-hydrogen) atoms. The van der Waals surface area contributed by atoms with E-state index in [0.29, 0.717) is 0 Å². The van der Waals surface area contributed by atoms with Crippen LogP contribution in [0.25, 0.3) is 0 Å². The van der Waals surface area contributed by atoms with Gasteiger partial charge in [0.15, 0.2) is 23.0 Å². The highest BCUT2D eigenvalue weighted by Gasteiger charge is 1.90. The molecule has 0 atom stereocenters. The largest absolute Gasteiger partial charge is 0.428 e. The molecular weight excluding hydrogens is 221 g/mol. The second-order valence-electron chi connectivity index (χ2n) is 0.865. The first-order chi connectivity index (χ1) is 3.81. The van der Waals surface area contributed by atoms with Crippen LogP contribution >= 0.6 is 23.0 Å². The molecule has 0 unspecified atom stereocenters. The number of carbonyl (C=O) groups excluding carboxylic acids is 1. The maximum atomic E-state index is 10.1. The van der Waals surface area contributed by atoms with Crippen molar-refractivity contribution in [3.63, 3.8) is 0 Å². The van der Waals surface area contributed by atoms with Crippen molar-refractivity contribution >= 4 is 29.1 Å². The van der Waals surface area contributed by atoms with Crippen LogP contribution in [-0.2, 0) is 3.07 Å². The molecule has 4 heteroatoms. The van der Waals surface area contributed by atoms with Gasteiger partial charge in [0.2, 0.25) is 0 Å². The third kappa shape index (κ3) is 3.74. The van der Waals surface area contributed by atoms with Gasteiger partial charge < -0.3 is 3.07 Å². The number of nitrogens with one attached hydrogen (secondary N) is 1. The van der Waals surface area contributed by atoms with E-state index in [9.17, 15) is 4.79 Å². The summed E-state index contributed by atoms with van der Waals surface area (Å²) in [5.74, 6) is 2.47. The van der Waals surface area contributed by atoms with Gasteiger partial charge in [-0.3, -0.25) is 0 Å². The van der Waals surface area contributed by atoms with Crippen LogP contribution in [-0.4, -0.2) is 6.09 Å². The summed E-state index contributed by atoms with van der Waals surface area (Å²) < 4.78 is 4.17. The summed E-state index contributed by atoms with van der Waals surface area (Å²) in [7, 11) is 0. The molecule has 0 aromatic carbocycles. The van der Waals surface area contributed by atoms with E-state index in [1.54, 1.807) is 6.92 Å². The lowest BCUT2D eigenvalue weighted by Crippen LogP contribution is -2.14. The van der Waals surface area contributed by atoms with Crippen molar-refractivity contribution in [2.45, 2.75) is 6.92 Å². The van der Waals surface area contributed by atoms with Crippen molar-refractivity contribution in [3.8, 4) is 12.0 Å². The van der Waals surface area contributed by atoms with Gasteiger partial charge in [-0.25, -0.2) is 10.1 Å². The molecule has 1 amide bonds. The van der Waals surface area contributed by atoms with Gasteiger partial charge >= 0.3 is 6.09 Å². The molecule has 0 aromatic rings. The van der Waals surface area contributed by atoms with E-state index in [2.05, 4.69) is 20.3 Å². The molecule has 0 spiro atoms. The standard InChI is InChI=1S/C4H4INO2/c1-2-3-6-4(7)8-5/h1H3,(H,6,7). The summed E-state index contributed by atoms with van der Waals surface area (Å²) in [5, 5.41) is 2.15. The molecule has 0 radical (unpaired) electrons. The fourth-order valence-corrected chi connectivity index (χ4v) is 0.243. The van der Waals surface area contributed by atoms with E-state index >= 15 is 0 Å². The summed E-state index contributed by atoms with van der Waals surface area (Å²) in [5.41, 5.74) is 0. The summed E-state index contributed by atoms with van der Waals surface area (Å²) in [6.07, 6.45) is -0.542. The van der Waals surface area contributed by atoms with Crippen LogP contribution < -0.4 is 5.32 Å². The van der Waals surface area contributed by atoms with Gasteiger partial charge in [-0.1, -0.05) is 5.92 Å². The van der Waals surface area contributed by atoms with Gasteiger partial charge in [0, 0.05) is 6.04 Å². The molecule has 44 valence electrons. The first-order valence-electron chi connectivity index (χ1n) is 1.81. The van der Waals surface area contributed by atoms with E-state index < -0.39 is 6.09 Å². The first kappa shape index (κ1) is 7.56. The summed E-state index contributed by atoms with van der Waals surface area (Å²) in [6, 6.07) is 2.32. The van der Waals surface area contributed by atoms with E-state index in [1.165, 1.54) is 23.0 Å². The molecule has 0 aliphatic heterocycles. The maximum absolute atomic E-state index is 10.1. The predicted molar refractivity (Wildman–Crippen MR) is 37.1 cm³/mol. The first-order valence-corrected chi connectivity index (χ1v) is 2.69. The summed E-state index contributed by atoms with van der Waals surface area (Å²) >= 11 is 1.47. The number of hydrogen-bond donors (Lipinski definition) is 1. The van der Waals surface area contributed by atoms with Gasteiger partial charge in [0.1, 0.15) is 0 Å². The molecule has 0 aliphatic carbocycles. The molecule has 0 saturated heterocycles. The van der Waals surface area contributed by atoms with Gasteiger partial charge in [0.25, 0.3) is 0 Å². The highest BCUT2D eigenvalue weighted by Crippen LogP contribution is 1.83. The van der Waals surface area contributed by atoms with Gasteiger partial charge in [-0.05, 0) is 6.92 Å². The quantitative estimate of drug-likeness (QED) is 0.380. The van der Waals surface area contributed by atoms with Gasteiger partial charge in [0.05, 0.1) is 0 Å². The van der Waals surface area contributed by atoms with Crippen molar-refractivity contribution in [1.82, 2.24) is 5.32 Å². The monoisotopic (exact) mass is 225 g/mol. The highest BCUT2D eigenvalue weighted by molar-refractivity contribution is 14.1. The second-order valence-corrected chi connectivity index (χ2v) is 1.31. The highest BCUT2D eigenvalue weighted by atomic mass is 127. The molecule has 0 heterocycles. The molecule has 0 saturated carbocycles. The Morgan fingerprint density at radius 3 is 2.88 bits per heavy atom. The number of amides is 1. The summed E-state index contributed by atoms with van der Waals surface area (Å²) in [6.45, 7) is 1.62. The minimum Gasteiger partial charge on any atom is -0.378 e. The minimum absolute atomic E-state index is 0.542. The molecule has 3 nitrogen and oxygen atoms in total. The average Bonchev–Trinajstić information content (AvgIpc) is 1.83. The molecule has 0 bridgehead atoms. The molecule has 1 N–H and O–H groups in total. The summed E-state index contributed by atoms with van der Waals surface area (Å²) in [4.78, 5) is 10.1. The van der Waals surface area contributed by atoms with Crippen molar-refractivity contribution in [2.24, 2.45) is 0 Å². The van der Waals surface area contributed by atoms with Crippen molar-refractivity contribution in [3.05, 3.63) is 0 Å². The Bertz CT molecular complexity index is 135. The van der Waals surface area contributed by atoms with E-state index in [4.69, 9.17) is 0 Å². The Morgan fingerprint density at radius 2 is 2.50 bits per heavy atom. The van der Waals surface area contributed by atoms with Crippen LogP contribution in [0.1, 0.15) is 6.92 Å². The zero-order chi connectivity index (χ0) is 6.41. The van der Waals surface area contributed by atoms with Crippen LogP contribution in [0, 0.1) is 12.0 Å². The number of carbonyl (C=O) groups is 1. The van der Waals surface area contributed by atoms with Crippen LogP contribution in [0.15, 0.2) is 0 Å². The molecule has 0 aromatic heterocycles. The van der Waals surface area contributed by atoms with E-state index in [1.807, 2.05) is 0 Å². The molecule has 0 aliphatic rings. The Hall–Kier alpha value is -0.440. The Balaban J connectivity index is 3.35. The number of rotatable bonds is 0. The van der Waals surface area contributed by atoms with E-state index in [0.717, 1.165) is 0 Å². The Morgan fingerprint density at radius 1 is 1.88 bits per heavy atom. The lowest BCUT2D eigenvalue weighted by Gasteiger charge is -1.87. The van der Waals surface area contributed by atoms with Gasteiger partial charge in [-0.2, -0.15) is 0 Å². The lowest BCUT2D eigenvalue weighted by molar-refractivity contribution is 0.219. The molecule has 0 fully saturated rings. The normalized spacial score (nSPS) is 6.25. The van der Waals surface area contributed by atoms with Crippen molar-refractivity contribution in [2.75, 3.05) is 0 Å². The fourth-order valence-electron chi connectivity index (χ4n) is 0.133. The third-order valence-electron chi connectivity index (χ3n) is 0.360. The molecular formula is C4H4INO2. The maximum Gasteiger partial charge on any atom is 0.428 e. The van der Waals surface area contributed by atoms with Crippen LogP contribution in [0.3, 0.4) is 0 Å². The molecule has 0 rings (SSSR count). The van der Waals surface area contributed by atoms with Gasteiger partial charge in [-0.15, -0.1) is 0 Å². The van der Waals surface area contributed by atoms with Crippen LogP contribution in [0.5, 0.6) is 0 Å². The zero-order valence-corrected chi connectivity index (χ0v) is 6.35. The number of hydrogen-bond acceptors (Lipinski definition) is 2. The van der Waals surface area contributed by atoms with Crippen molar-refractivity contribution in [1.29, 1.82) is 0 Å². The van der Waals surface area contributed by atoms with Crippen LogP contribution in [0.4, 0.5) is 4.79 Å². The predicted octanol–water partition coefficient (Wildman–Crippen LogP) is 1.04. The zero-order valence-electron chi connectivity index (χ0n) is 4.19. The topological polar surface area (TPSA) is 38.3 Å². The second kappa shape index (κ2) is 4.71. The average molecular weight is 225 g/mol. The Labute approximate surface area is 61.5 Å². The SMILES string of the molecule is CC#CNC(=O)OI. The Kier molecular flexibility index (Phi) is 4.45.